The van der Waals surface area contributed by atoms with Gasteiger partial charge in [-0.25, -0.2) is 0 Å². The van der Waals surface area contributed by atoms with Crippen LogP contribution in [-0.4, -0.2) is 22.3 Å². The predicted molar refractivity (Wildman–Crippen MR) is 85.1 cm³/mol. The molecule has 110 valence electrons. The van der Waals surface area contributed by atoms with E-state index in [2.05, 4.69) is 11.9 Å². The van der Waals surface area contributed by atoms with Gasteiger partial charge < -0.3 is 4.90 Å². The molecule has 1 heterocycles. The van der Waals surface area contributed by atoms with Crippen LogP contribution in [0.15, 0.2) is 48.7 Å². The quantitative estimate of drug-likeness (QED) is 0.815. The molecule has 0 fully saturated rings. The molecule has 4 heteroatoms. The molecule has 21 heavy (non-hydrogen) atoms. The fourth-order valence-electron chi connectivity index (χ4n) is 2.19. The molecule has 0 saturated carbocycles. The summed E-state index contributed by atoms with van der Waals surface area (Å²) < 4.78 is 0. The maximum absolute atomic E-state index is 12.4. The zero-order chi connectivity index (χ0) is 15.1. The summed E-state index contributed by atoms with van der Waals surface area (Å²) in [7, 11) is 0. The number of halogens is 1. The Morgan fingerprint density at radius 2 is 2.10 bits per heavy atom. The maximum Gasteiger partial charge on any atom is 0.228 e. The molecule has 0 aliphatic heterocycles. The first-order valence-electron chi connectivity index (χ1n) is 7.11. The van der Waals surface area contributed by atoms with Crippen molar-refractivity contribution in [3.8, 4) is 0 Å². The molecule has 0 unspecified atom stereocenters. The standard InChI is InChI=1S/C17H19ClN2O/c1-2-10-20(13-14-6-5-7-15(18)11-14)17(21)12-16-8-3-4-9-19-16/h3-9,11H,2,10,12-13H2,1H3. The minimum Gasteiger partial charge on any atom is -0.338 e. The van der Waals surface area contributed by atoms with Gasteiger partial charge in [-0.05, 0) is 36.2 Å². The molecule has 0 N–H and O–H groups in total. The van der Waals surface area contributed by atoms with Crippen LogP contribution in [0.4, 0.5) is 0 Å². The van der Waals surface area contributed by atoms with E-state index in [0.717, 1.165) is 24.2 Å². The average Bonchev–Trinajstić information content (AvgIpc) is 2.48. The minimum absolute atomic E-state index is 0.0931. The smallest absolute Gasteiger partial charge is 0.228 e. The van der Waals surface area contributed by atoms with Gasteiger partial charge >= 0.3 is 0 Å². The van der Waals surface area contributed by atoms with Crippen molar-refractivity contribution in [2.45, 2.75) is 26.3 Å². The Bertz CT molecular complexity index is 586. The van der Waals surface area contributed by atoms with E-state index in [1.54, 1.807) is 6.20 Å². The Kier molecular flexibility index (Phi) is 5.76. The molecule has 0 spiro atoms. The fourth-order valence-corrected chi connectivity index (χ4v) is 2.40. The van der Waals surface area contributed by atoms with Crippen LogP contribution >= 0.6 is 11.6 Å². The number of amides is 1. The molecule has 0 atom stereocenters. The van der Waals surface area contributed by atoms with Crippen LogP contribution < -0.4 is 0 Å². The lowest BCUT2D eigenvalue weighted by Crippen LogP contribution is -2.32. The largest absolute Gasteiger partial charge is 0.338 e. The molecule has 0 radical (unpaired) electrons. The summed E-state index contributed by atoms with van der Waals surface area (Å²) in [6.45, 7) is 3.39. The van der Waals surface area contributed by atoms with Crippen LogP contribution in [0.1, 0.15) is 24.6 Å². The molecule has 1 amide bonds. The van der Waals surface area contributed by atoms with Gasteiger partial charge in [0.25, 0.3) is 0 Å². The first-order valence-corrected chi connectivity index (χ1v) is 7.49. The van der Waals surface area contributed by atoms with E-state index in [4.69, 9.17) is 11.6 Å². The average molecular weight is 303 g/mol. The molecule has 1 aromatic carbocycles. The van der Waals surface area contributed by atoms with E-state index in [9.17, 15) is 4.79 Å². The van der Waals surface area contributed by atoms with Crippen LogP contribution in [0.2, 0.25) is 5.02 Å². The molecule has 0 saturated heterocycles. The van der Waals surface area contributed by atoms with Crippen molar-refractivity contribution in [1.82, 2.24) is 9.88 Å². The second kappa shape index (κ2) is 7.79. The van der Waals surface area contributed by atoms with E-state index in [0.29, 0.717) is 18.0 Å². The number of rotatable bonds is 6. The van der Waals surface area contributed by atoms with Crippen molar-refractivity contribution in [2.75, 3.05) is 6.54 Å². The van der Waals surface area contributed by atoms with Crippen molar-refractivity contribution in [3.63, 3.8) is 0 Å². The number of hydrogen-bond acceptors (Lipinski definition) is 2. The summed E-state index contributed by atoms with van der Waals surface area (Å²) in [4.78, 5) is 18.5. The van der Waals surface area contributed by atoms with Crippen LogP contribution in [0, 0.1) is 0 Å². The van der Waals surface area contributed by atoms with Crippen LogP contribution in [-0.2, 0) is 17.8 Å². The summed E-state index contributed by atoms with van der Waals surface area (Å²) in [5, 5.41) is 0.695. The number of hydrogen-bond donors (Lipinski definition) is 0. The topological polar surface area (TPSA) is 33.2 Å². The minimum atomic E-state index is 0.0931. The van der Waals surface area contributed by atoms with Gasteiger partial charge in [-0.15, -0.1) is 0 Å². The third kappa shape index (κ3) is 4.87. The SMILES string of the molecule is CCCN(Cc1cccc(Cl)c1)C(=O)Cc1ccccn1. The van der Waals surface area contributed by atoms with Crippen molar-refractivity contribution in [3.05, 3.63) is 64.9 Å². The number of benzene rings is 1. The fraction of sp³-hybridized carbons (Fsp3) is 0.294. The number of nitrogens with zero attached hydrogens (tertiary/aromatic N) is 2. The Labute approximate surface area is 130 Å². The first kappa shape index (κ1) is 15.5. The number of carbonyl (C=O) groups excluding carboxylic acids is 1. The molecule has 3 nitrogen and oxygen atoms in total. The van der Waals surface area contributed by atoms with E-state index in [-0.39, 0.29) is 5.91 Å². The lowest BCUT2D eigenvalue weighted by Gasteiger charge is -2.22. The van der Waals surface area contributed by atoms with E-state index < -0.39 is 0 Å². The van der Waals surface area contributed by atoms with E-state index in [1.165, 1.54) is 0 Å². The van der Waals surface area contributed by atoms with Gasteiger partial charge in [-0.1, -0.05) is 36.7 Å². The Morgan fingerprint density at radius 3 is 2.76 bits per heavy atom. The first-order chi connectivity index (χ1) is 10.2. The number of carbonyl (C=O) groups is 1. The third-order valence-corrected chi connectivity index (χ3v) is 3.40. The second-order valence-corrected chi connectivity index (χ2v) is 5.38. The summed E-state index contributed by atoms with van der Waals surface area (Å²) in [5.74, 6) is 0.0931. The third-order valence-electron chi connectivity index (χ3n) is 3.17. The van der Waals surface area contributed by atoms with Gasteiger partial charge in [0.1, 0.15) is 0 Å². The van der Waals surface area contributed by atoms with Crippen LogP contribution in [0.3, 0.4) is 0 Å². The molecule has 0 bridgehead atoms. The van der Waals surface area contributed by atoms with Gasteiger partial charge in [0.2, 0.25) is 5.91 Å². The number of pyridine rings is 1. The summed E-state index contributed by atoms with van der Waals surface area (Å²) in [6.07, 6.45) is 2.97. The predicted octanol–water partition coefficient (Wildman–Crippen LogP) is 3.72. The normalized spacial score (nSPS) is 10.4. The highest BCUT2D eigenvalue weighted by atomic mass is 35.5. The summed E-state index contributed by atoms with van der Waals surface area (Å²) >= 11 is 6.00. The molecule has 0 aliphatic carbocycles. The highest BCUT2D eigenvalue weighted by Gasteiger charge is 2.14. The highest BCUT2D eigenvalue weighted by Crippen LogP contribution is 2.13. The maximum atomic E-state index is 12.4. The lowest BCUT2D eigenvalue weighted by molar-refractivity contribution is -0.131. The van der Waals surface area contributed by atoms with Crippen molar-refractivity contribution >= 4 is 17.5 Å². The summed E-state index contributed by atoms with van der Waals surface area (Å²) in [5.41, 5.74) is 1.85. The molecule has 2 aromatic rings. The lowest BCUT2D eigenvalue weighted by atomic mass is 10.2. The van der Waals surface area contributed by atoms with Crippen molar-refractivity contribution in [2.24, 2.45) is 0 Å². The molecule has 1 aromatic heterocycles. The summed E-state index contributed by atoms with van der Waals surface area (Å²) in [6, 6.07) is 13.3. The van der Waals surface area contributed by atoms with E-state index >= 15 is 0 Å². The van der Waals surface area contributed by atoms with Gasteiger partial charge in [-0.2, -0.15) is 0 Å². The Hall–Kier alpha value is -1.87. The molecular formula is C17H19ClN2O. The van der Waals surface area contributed by atoms with Gasteiger partial charge in [0, 0.05) is 30.0 Å². The monoisotopic (exact) mass is 302 g/mol. The Morgan fingerprint density at radius 1 is 1.24 bits per heavy atom. The van der Waals surface area contributed by atoms with Crippen molar-refractivity contribution < 1.29 is 4.79 Å². The van der Waals surface area contributed by atoms with Gasteiger partial charge in [0.15, 0.2) is 0 Å². The van der Waals surface area contributed by atoms with Gasteiger partial charge in [-0.3, -0.25) is 9.78 Å². The van der Waals surface area contributed by atoms with Crippen molar-refractivity contribution in [1.29, 1.82) is 0 Å². The van der Waals surface area contributed by atoms with Crippen LogP contribution in [0.25, 0.3) is 0 Å². The number of aromatic nitrogens is 1. The Balaban J connectivity index is 2.05. The molecule has 0 aliphatic rings. The highest BCUT2D eigenvalue weighted by molar-refractivity contribution is 6.30. The van der Waals surface area contributed by atoms with Gasteiger partial charge in [0.05, 0.1) is 6.42 Å². The van der Waals surface area contributed by atoms with Crippen LogP contribution in [0.5, 0.6) is 0 Å². The zero-order valence-corrected chi connectivity index (χ0v) is 12.9. The second-order valence-electron chi connectivity index (χ2n) is 4.94. The van der Waals surface area contributed by atoms with E-state index in [1.807, 2.05) is 47.4 Å². The molecular weight excluding hydrogens is 284 g/mol. The molecule has 2 rings (SSSR count). The zero-order valence-electron chi connectivity index (χ0n) is 12.1.